The van der Waals surface area contributed by atoms with Gasteiger partial charge in [-0.2, -0.15) is 0 Å². The third-order valence-electron chi connectivity index (χ3n) is 1.67. The fourth-order valence-electron chi connectivity index (χ4n) is 1.20. The van der Waals surface area contributed by atoms with Crippen molar-refractivity contribution in [3.05, 3.63) is 17.3 Å². The molecule has 2 rings (SSSR count). The van der Waals surface area contributed by atoms with Gasteiger partial charge in [-0.15, -0.1) is 0 Å². The molecule has 1 amide bonds. The summed E-state index contributed by atoms with van der Waals surface area (Å²) in [6, 6.07) is 1.83. The summed E-state index contributed by atoms with van der Waals surface area (Å²) in [4.78, 5) is 20.2. The second kappa shape index (κ2) is 3.34. The number of thiazole rings is 1. The summed E-state index contributed by atoms with van der Waals surface area (Å²) < 4.78 is 0. The number of carbonyl (C=O) groups excluding carboxylic acids is 1. The maximum atomic E-state index is 10.8. The number of rotatable bonds is 1. The van der Waals surface area contributed by atoms with Crippen LogP contribution in [0.1, 0.15) is 11.9 Å². The number of nitrogens with one attached hydrogen (secondary N) is 1. The molecule has 0 saturated carbocycles. The number of hydrogen-bond donors (Lipinski definition) is 1. The Labute approximate surface area is 85.0 Å². The summed E-state index contributed by atoms with van der Waals surface area (Å²) in [7, 11) is 0. The monoisotopic (exact) mass is 207 g/mol. The highest BCUT2D eigenvalue weighted by molar-refractivity contribution is 7.18. The minimum Gasteiger partial charge on any atom is -0.325 e. The first-order chi connectivity index (χ1) is 6.65. The molecule has 4 nitrogen and oxygen atoms in total. The van der Waals surface area contributed by atoms with E-state index in [-0.39, 0.29) is 5.91 Å². The van der Waals surface area contributed by atoms with E-state index < -0.39 is 0 Å². The van der Waals surface area contributed by atoms with Crippen LogP contribution < -0.4 is 5.32 Å². The molecule has 72 valence electrons. The standard InChI is InChI=1S/C9H9N3OS/c1-5(13)11-7-3-8-9(10-4-7)14-6(2)12-8/h3-4H,1-2H3,(H,11,13). The van der Waals surface area contributed by atoms with Gasteiger partial charge in [0.25, 0.3) is 0 Å². The van der Waals surface area contributed by atoms with E-state index in [2.05, 4.69) is 15.3 Å². The molecule has 2 heterocycles. The number of pyridine rings is 1. The third kappa shape index (κ3) is 1.72. The number of anilines is 1. The molecule has 0 atom stereocenters. The van der Waals surface area contributed by atoms with E-state index in [1.165, 1.54) is 6.92 Å². The molecule has 1 N–H and O–H groups in total. The Morgan fingerprint density at radius 1 is 1.57 bits per heavy atom. The van der Waals surface area contributed by atoms with E-state index >= 15 is 0 Å². The third-order valence-corrected chi connectivity index (χ3v) is 2.57. The molecular formula is C9H9N3OS. The summed E-state index contributed by atoms with van der Waals surface area (Å²) in [5.41, 5.74) is 1.52. The van der Waals surface area contributed by atoms with Gasteiger partial charge in [-0.3, -0.25) is 4.79 Å². The lowest BCUT2D eigenvalue weighted by Crippen LogP contribution is -2.05. The average molecular weight is 207 g/mol. The molecule has 0 spiro atoms. The molecule has 2 aromatic rings. The first-order valence-corrected chi connectivity index (χ1v) is 4.97. The minimum atomic E-state index is -0.0990. The molecule has 14 heavy (non-hydrogen) atoms. The molecule has 0 aliphatic carbocycles. The van der Waals surface area contributed by atoms with E-state index in [0.717, 1.165) is 15.4 Å². The van der Waals surface area contributed by atoms with Crippen molar-refractivity contribution in [1.82, 2.24) is 9.97 Å². The van der Waals surface area contributed by atoms with Crippen LogP contribution in [-0.4, -0.2) is 15.9 Å². The van der Waals surface area contributed by atoms with Crippen LogP contribution in [0.3, 0.4) is 0 Å². The summed E-state index contributed by atoms with van der Waals surface area (Å²) in [5, 5.41) is 3.65. The van der Waals surface area contributed by atoms with Crippen LogP contribution in [0.2, 0.25) is 0 Å². The van der Waals surface area contributed by atoms with Crippen molar-refractivity contribution < 1.29 is 4.79 Å². The van der Waals surface area contributed by atoms with Crippen LogP contribution in [0.15, 0.2) is 12.3 Å². The van der Waals surface area contributed by atoms with Crippen LogP contribution >= 0.6 is 11.3 Å². The van der Waals surface area contributed by atoms with Crippen molar-refractivity contribution in [3.63, 3.8) is 0 Å². The molecule has 5 heteroatoms. The first-order valence-electron chi connectivity index (χ1n) is 4.16. The van der Waals surface area contributed by atoms with Gasteiger partial charge in [-0.25, -0.2) is 9.97 Å². The molecule has 0 aromatic carbocycles. The van der Waals surface area contributed by atoms with Crippen LogP contribution in [0.5, 0.6) is 0 Å². The van der Waals surface area contributed by atoms with Crippen molar-refractivity contribution in [2.75, 3.05) is 5.32 Å². The van der Waals surface area contributed by atoms with E-state index in [9.17, 15) is 4.79 Å². The molecule has 0 radical (unpaired) electrons. The SMILES string of the molecule is CC(=O)Nc1cnc2sc(C)nc2c1. The molecule has 0 saturated heterocycles. The highest BCUT2D eigenvalue weighted by atomic mass is 32.1. The molecule has 0 fully saturated rings. The Balaban J connectivity index is 2.45. The van der Waals surface area contributed by atoms with E-state index in [0.29, 0.717) is 5.69 Å². The summed E-state index contributed by atoms with van der Waals surface area (Å²) >= 11 is 1.54. The molecule has 0 aliphatic rings. The Morgan fingerprint density at radius 3 is 3.07 bits per heavy atom. The zero-order chi connectivity index (χ0) is 10.1. The number of amides is 1. The number of aryl methyl sites for hydroxylation is 1. The zero-order valence-corrected chi connectivity index (χ0v) is 8.68. The summed E-state index contributed by atoms with van der Waals surface area (Å²) in [5.74, 6) is -0.0990. The Bertz CT molecular complexity index is 492. The van der Waals surface area contributed by atoms with E-state index in [1.807, 2.05) is 13.0 Å². The number of aromatic nitrogens is 2. The molecular weight excluding hydrogens is 198 g/mol. The van der Waals surface area contributed by atoms with Gasteiger partial charge >= 0.3 is 0 Å². The largest absolute Gasteiger partial charge is 0.325 e. The van der Waals surface area contributed by atoms with Crippen LogP contribution in [0.4, 0.5) is 5.69 Å². The lowest BCUT2D eigenvalue weighted by Gasteiger charge is -1.99. The highest BCUT2D eigenvalue weighted by Crippen LogP contribution is 2.21. The Kier molecular flexibility index (Phi) is 2.17. The predicted octanol–water partition coefficient (Wildman–Crippen LogP) is 1.96. The van der Waals surface area contributed by atoms with Crippen molar-refractivity contribution >= 4 is 33.3 Å². The molecule has 2 aromatic heterocycles. The second-order valence-electron chi connectivity index (χ2n) is 2.96. The Hall–Kier alpha value is -1.49. The normalized spacial score (nSPS) is 10.4. The molecule has 0 aliphatic heterocycles. The van der Waals surface area contributed by atoms with Gasteiger partial charge < -0.3 is 5.32 Å². The first kappa shape index (κ1) is 9.08. The van der Waals surface area contributed by atoms with Crippen molar-refractivity contribution in [1.29, 1.82) is 0 Å². The molecule has 0 bridgehead atoms. The number of carbonyl (C=O) groups is 1. The van der Waals surface area contributed by atoms with Gasteiger partial charge in [0, 0.05) is 6.92 Å². The number of hydrogen-bond acceptors (Lipinski definition) is 4. The quantitative estimate of drug-likeness (QED) is 0.777. The number of fused-ring (bicyclic) bond motifs is 1. The second-order valence-corrected chi connectivity index (χ2v) is 4.14. The van der Waals surface area contributed by atoms with Crippen molar-refractivity contribution in [2.45, 2.75) is 13.8 Å². The fourth-order valence-corrected chi connectivity index (χ4v) is 1.94. The van der Waals surface area contributed by atoms with Gasteiger partial charge in [0.15, 0.2) is 0 Å². The highest BCUT2D eigenvalue weighted by Gasteiger charge is 2.03. The lowest BCUT2D eigenvalue weighted by atomic mass is 10.4. The summed E-state index contributed by atoms with van der Waals surface area (Å²) in [6.07, 6.45) is 1.64. The van der Waals surface area contributed by atoms with Gasteiger partial charge in [0.2, 0.25) is 5.91 Å². The number of nitrogens with zero attached hydrogens (tertiary/aromatic N) is 2. The van der Waals surface area contributed by atoms with Gasteiger partial charge in [-0.1, -0.05) is 11.3 Å². The smallest absolute Gasteiger partial charge is 0.221 e. The summed E-state index contributed by atoms with van der Waals surface area (Å²) in [6.45, 7) is 3.40. The average Bonchev–Trinajstić information content (AvgIpc) is 2.42. The minimum absolute atomic E-state index is 0.0990. The van der Waals surface area contributed by atoms with Gasteiger partial charge in [-0.05, 0) is 13.0 Å². The van der Waals surface area contributed by atoms with Crippen molar-refractivity contribution in [2.24, 2.45) is 0 Å². The maximum absolute atomic E-state index is 10.8. The zero-order valence-electron chi connectivity index (χ0n) is 7.87. The maximum Gasteiger partial charge on any atom is 0.221 e. The van der Waals surface area contributed by atoms with E-state index in [1.54, 1.807) is 17.5 Å². The predicted molar refractivity (Wildman–Crippen MR) is 56.5 cm³/mol. The van der Waals surface area contributed by atoms with Crippen molar-refractivity contribution in [3.8, 4) is 0 Å². The lowest BCUT2D eigenvalue weighted by molar-refractivity contribution is -0.114. The van der Waals surface area contributed by atoms with E-state index in [4.69, 9.17) is 0 Å². The molecule has 0 unspecified atom stereocenters. The van der Waals surface area contributed by atoms with Crippen LogP contribution in [-0.2, 0) is 4.79 Å². The van der Waals surface area contributed by atoms with Gasteiger partial charge in [0.1, 0.15) is 10.3 Å². The Morgan fingerprint density at radius 2 is 2.36 bits per heavy atom. The van der Waals surface area contributed by atoms with Crippen LogP contribution in [0, 0.1) is 6.92 Å². The van der Waals surface area contributed by atoms with Crippen LogP contribution in [0.25, 0.3) is 10.3 Å². The van der Waals surface area contributed by atoms with Gasteiger partial charge in [0.05, 0.1) is 16.9 Å². The topological polar surface area (TPSA) is 54.9 Å². The fraction of sp³-hybridized carbons (Fsp3) is 0.222.